The summed E-state index contributed by atoms with van der Waals surface area (Å²) >= 11 is 0. The number of amides is 1. The standard InChI is InChI=1S/C8H11N3O3/c1-5(12)3-7(13)9-6-4-8(14)10-11(6)2/h4H,3H2,1-2H3,(H,9,13)(H,10,14). The maximum Gasteiger partial charge on any atom is 0.266 e. The molecule has 0 aromatic carbocycles. The van der Waals surface area contributed by atoms with Gasteiger partial charge in [0.1, 0.15) is 11.6 Å². The third-order valence-electron chi connectivity index (χ3n) is 1.58. The summed E-state index contributed by atoms with van der Waals surface area (Å²) in [5, 5.41) is 4.86. The molecule has 0 aliphatic rings. The molecule has 0 aliphatic heterocycles. The quantitative estimate of drug-likeness (QED) is 0.648. The lowest BCUT2D eigenvalue weighted by Crippen LogP contribution is -2.16. The minimum Gasteiger partial charge on any atom is -0.310 e. The number of nitrogens with one attached hydrogen (secondary N) is 2. The second kappa shape index (κ2) is 3.91. The molecule has 0 fully saturated rings. The van der Waals surface area contributed by atoms with E-state index in [-0.39, 0.29) is 17.8 Å². The predicted octanol–water partition coefficient (Wildman–Crippen LogP) is -0.369. The Labute approximate surface area is 79.9 Å². The lowest BCUT2D eigenvalue weighted by atomic mass is 10.3. The summed E-state index contributed by atoms with van der Waals surface area (Å²) in [6.07, 6.45) is -0.181. The SMILES string of the molecule is CC(=O)CC(=O)Nc1cc(=O)[nH]n1C. The number of aryl methyl sites for hydroxylation is 1. The summed E-state index contributed by atoms with van der Waals surface area (Å²) < 4.78 is 1.38. The van der Waals surface area contributed by atoms with Crippen molar-refractivity contribution in [3.8, 4) is 0 Å². The fourth-order valence-electron chi connectivity index (χ4n) is 1.01. The molecule has 0 radical (unpaired) electrons. The summed E-state index contributed by atoms with van der Waals surface area (Å²) in [4.78, 5) is 32.5. The minimum atomic E-state index is -0.424. The first kappa shape index (κ1) is 10.2. The number of nitrogens with zero attached hydrogens (tertiary/aromatic N) is 1. The second-order valence-corrected chi connectivity index (χ2v) is 2.99. The molecule has 6 nitrogen and oxygen atoms in total. The molecular formula is C8H11N3O3. The molecule has 2 N–H and O–H groups in total. The molecule has 1 amide bonds. The van der Waals surface area contributed by atoms with Crippen molar-refractivity contribution in [3.05, 3.63) is 16.4 Å². The molecule has 0 saturated carbocycles. The number of aromatic amines is 1. The fourth-order valence-corrected chi connectivity index (χ4v) is 1.01. The Morgan fingerprint density at radius 3 is 2.64 bits per heavy atom. The van der Waals surface area contributed by atoms with Crippen LogP contribution in [0.3, 0.4) is 0 Å². The first-order chi connectivity index (χ1) is 6.49. The number of rotatable bonds is 3. The van der Waals surface area contributed by atoms with E-state index in [4.69, 9.17) is 0 Å². The van der Waals surface area contributed by atoms with Gasteiger partial charge < -0.3 is 5.32 Å². The average Bonchev–Trinajstić information content (AvgIpc) is 2.28. The summed E-state index contributed by atoms with van der Waals surface area (Å²) in [6, 6.07) is 1.25. The highest BCUT2D eigenvalue weighted by Crippen LogP contribution is 2.00. The van der Waals surface area contributed by atoms with E-state index in [0.717, 1.165) is 0 Å². The number of aromatic nitrogens is 2. The van der Waals surface area contributed by atoms with Gasteiger partial charge in [-0.05, 0) is 6.92 Å². The zero-order valence-electron chi connectivity index (χ0n) is 7.96. The highest BCUT2D eigenvalue weighted by Gasteiger charge is 2.08. The molecule has 1 rings (SSSR count). The van der Waals surface area contributed by atoms with Crippen molar-refractivity contribution in [3.63, 3.8) is 0 Å². The minimum absolute atomic E-state index is 0.181. The van der Waals surface area contributed by atoms with Gasteiger partial charge in [-0.3, -0.25) is 24.2 Å². The van der Waals surface area contributed by atoms with Crippen LogP contribution in [-0.2, 0) is 16.6 Å². The van der Waals surface area contributed by atoms with E-state index in [0.29, 0.717) is 5.82 Å². The molecule has 0 saturated heterocycles. The molecule has 0 bridgehead atoms. The number of hydrogen-bond acceptors (Lipinski definition) is 3. The van der Waals surface area contributed by atoms with Gasteiger partial charge in [-0.1, -0.05) is 0 Å². The summed E-state index contributed by atoms with van der Waals surface area (Å²) in [5.41, 5.74) is -0.300. The number of hydrogen-bond donors (Lipinski definition) is 2. The van der Waals surface area contributed by atoms with E-state index in [2.05, 4.69) is 10.4 Å². The summed E-state index contributed by atoms with van der Waals surface area (Å²) in [6.45, 7) is 1.33. The highest BCUT2D eigenvalue weighted by molar-refractivity contribution is 6.03. The van der Waals surface area contributed by atoms with Crippen LogP contribution in [0.25, 0.3) is 0 Å². The Balaban J connectivity index is 2.69. The van der Waals surface area contributed by atoms with Gasteiger partial charge in [-0.25, -0.2) is 0 Å². The van der Waals surface area contributed by atoms with Crippen LogP contribution in [0.1, 0.15) is 13.3 Å². The average molecular weight is 197 g/mol. The van der Waals surface area contributed by atoms with Crippen LogP contribution in [0.4, 0.5) is 5.82 Å². The number of carbonyl (C=O) groups excluding carboxylic acids is 2. The van der Waals surface area contributed by atoms with Gasteiger partial charge in [0.15, 0.2) is 0 Å². The Bertz CT molecular complexity index is 416. The van der Waals surface area contributed by atoms with Crippen molar-refractivity contribution < 1.29 is 9.59 Å². The van der Waals surface area contributed by atoms with Crippen molar-refractivity contribution in [2.75, 3.05) is 5.32 Å². The summed E-state index contributed by atoms with van der Waals surface area (Å²) in [7, 11) is 1.59. The van der Waals surface area contributed by atoms with E-state index in [9.17, 15) is 14.4 Å². The van der Waals surface area contributed by atoms with Crippen molar-refractivity contribution in [2.24, 2.45) is 7.05 Å². The molecule has 14 heavy (non-hydrogen) atoms. The molecule has 0 aliphatic carbocycles. The Morgan fingerprint density at radius 2 is 2.21 bits per heavy atom. The number of H-pyrrole nitrogens is 1. The number of anilines is 1. The van der Waals surface area contributed by atoms with Crippen molar-refractivity contribution in [2.45, 2.75) is 13.3 Å². The number of carbonyl (C=O) groups is 2. The largest absolute Gasteiger partial charge is 0.310 e. The Hall–Kier alpha value is -1.85. The smallest absolute Gasteiger partial charge is 0.266 e. The van der Waals surface area contributed by atoms with Gasteiger partial charge in [-0.15, -0.1) is 0 Å². The van der Waals surface area contributed by atoms with Crippen LogP contribution in [0.2, 0.25) is 0 Å². The molecule has 6 heteroatoms. The number of Topliss-reactive ketones (excluding diaryl/α,β-unsaturated/α-hetero) is 1. The fraction of sp³-hybridized carbons (Fsp3) is 0.375. The first-order valence-corrected chi connectivity index (χ1v) is 4.04. The zero-order chi connectivity index (χ0) is 10.7. The monoisotopic (exact) mass is 197 g/mol. The maximum atomic E-state index is 11.1. The van der Waals surface area contributed by atoms with Crippen molar-refractivity contribution >= 4 is 17.5 Å². The van der Waals surface area contributed by atoms with Gasteiger partial charge >= 0.3 is 0 Å². The van der Waals surface area contributed by atoms with Gasteiger partial charge in [0.25, 0.3) is 5.56 Å². The zero-order valence-corrected chi connectivity index (χ0v) is 7.96. The maximum absolute atomic E-state index is 11.1. The first-order valence-electron chi connectivity index (χ1n) is 4.04. The van der Waals surface area contributed by atoms with Gasteiger partial charge in [0.05, 0.1) is 6.42 Å². The van der Waals surface area contributed by atoms with Crippen LogP contribution in [-0.4, -0.2) is 21.5 Å². The van der Waals surface area contributed by atoms with Gasteiger partial charge in [0, 0.05) is 13.1 Å². The van der Waals surface area contributed by atoms with E-state index >= 15 is 0 Å². The van der Waals surface area contributed by atoms with Gasteiger partial charge in [0.2, 0.25) is 5.91 Å². The van der Waals surface area contributed by atoms with E-state index in [1.165, 1.54) is 17.7 Å². The van der Waals surface area contributed by atoms with Crippen LogP contribution in [0.15, 0.2) is 10.9 Å². The van der Waals surface area contributed by atoms with E-state index in [1.807, 2.05) is 0 Å². The molecular weight excluding hydrogens is 186 g/mol. The highest BCUT2D eigenvalue weighted by atomic mass is 16.2. The molecule has 1 heterocycles. The molecule has 0 unspecified atom stereocenters. The summed E-state index contributed by atoms with van der Waals surface area (Å²) in [5.74, 6) is -0.295. The van der Waals surface area contributed by atoms with Crippen LogP contribution < -0.4 is 10.9 Å². The Morgan fingerprint density at radius 1 is 1.57 bits per heavy atom. The van der Waals surface area contributed by atoms with Crippen LogP contribution >= 0.6 is 0 Å². The van der Waals surface area contributed by atoms with Crippen molar-refractivity contribution in [1.29, 1.82) is 0 Å². The van der Waals surface area contributed by atoms with Crippen LogP contribution in [0, 0.1) is 0 Å². The van der Waals surface area contributed by atoms with E-state index < -0.39 is 5.91 Å². The van der Waals surface area contributed by atoms with Crippen LogP contribution in [0.5, 0.6) is 0 Å². The lowest BCUT2D eigenvalue weighted by Gasteiger charge is -2.03. The third kappa shape index (κ3) is 2.58. The molecule has 76 valence electrons. The predicted molar refractivity (Wildman–Crippen MR) is 50.0 cm³/mol. The molecule has 1 aromatic heterocycles. The third-order valence-corrected chi connectivity index (χ3v) is 1.58. The topological polar surface area (TPSA) is 84.0 Å². The van der Waals surface area contributed by atoms with E-state index in [1.54, 1.807) is 7.05 Å². The molecule has 0 atom stereocenters. The normalized spacial score (nSPS) is 9.86. The number of ketones is 1. The van der Waals surface area contributed by atoms with Crippen molar-refractivity contribution in [1.82, 2.24) is 9.78 Å². The molecule has 1 aromatic rings. The lowest BCUT2D eigenvalue weighted by molar-refractivity contribution is -0.124. The Kier molecular flexibility index (Phi) is 2.85. The molecule has 0 spiro atoms. The van der Waals surface area contributed by atoms with Gasteiger partial charge in [-0.2, -0.15) is 0 Å². The second-order valence-electron chi connectivity index (χ2n) is 2.99.